The van der Waals surface area contributed by atoms with Crippen molar-refractivity contribution in [1.29, 1.82) is 0 Å². The molecular weight excluding hydrogens is 282 g/mol. The molecule has 0 fully saturated rings. The van der Waals surface area contributed by atoms with Crippen molar-refractivity contribution in [3.05, 3.63) is 53.6 Å². The van der Waals surface area contributed by atoms with E-state index in [1.165, 1.54) is 12.1 Å². The molecule has 0 radical (unpaired) electrons. The van der Waals surface area contributed by atoms with Crippen molar-refractivity contribution in [3.63, 3.8) is 0 Å². The van der Waals surface area contributed by atoms with Gasteiger partial charge in [-0.15, -0.1) is 0 Å². The minimum absolute atomic E-state index is 0.0886. The molecule has 1 amide bonds. The van der Waals surface area contributed by atoms with Crippen LogP contribution in [0.5, 0.6) is 0 Å². The van der Waals surface area contributed by atoms with Gasteiger partial charge < -0.3 is 15.0 Å². The third-order valence-corrected chi connectivity index (χ3v) is 3.46. The molecule has 1 unspecified atom stereocenters. The average molecular weight is 301 g/mol. The van der Waals surface area contributed by atoms with Gasteiger partial charge in [0.2, 0.25) is 0 Å². The minimum atomic E-state index is -1.06. The van der Waals surface area contributed by atoms with Crippen LogP contribution in [0.3, 0.4) is 0 Å². The van der Waals surface area contributed by atoms with Crippen molar-refractivity contribution < 1.29 is 14.7 Å². The molecule has 6 heteroatoms. The maximum Gasteiger partial charge on any atom is 0.335 e. The summed E-state index contributed by atoms with van der Waals surface area (Å²) in [6.45, 7) is 3.99. The fourth-order valence-corrected chi connectivity index (χ4v) is 2.22. The Bertz CT molecular complexity index is 691. The van der Waals surface area contributed by atoms with Crippen molar-refractivity contribution in [3.8, 4) is 0 Å². The largest absolute Gasteiger partial charge is 0.478 e. The number of aromatic carboxylic acids is 1. The number of carbonyl (C=O) groups is 2. The quantitative estimate of drug-likeness (QED) is 0.887. The predicted octanol–water partition coefficient (Wildman–Crippen LogP) is 2.25. The van der Waals surface area contributed by atoms with Crippen LogP contribution in [0.2, 0.25) is 0 Å². The number of amides is 1. The topological polar surface area (TPSA) is 84.2 Å². The molecule has 1 aromatic heterocycles. The summed E-state index contributed by atoms with van der Waals surface area (Å²) in [4.78, 5) is 27.7. The maximum atomic E-state index is 12.4. The molecular formula is C16H19N3O3. The summed E-state index contributed by atoms with van der Waals surface area (Å²) in [5.74, 6) is -0.464. The lowest BCUT2D eigenvalue weighted by Gasteiger charge is -2.22. The molecule has 22 heavy (non-hydrogen) atoms. The minimum Gasteiger partial charge on any atom is -0.478 e. The first-order valence-electron chi connectivity index (χ1n) is 7.01. The Labute approximate surface area is 128 Å². The second kappa shape index (κ2) is 6.43. The van der Waals surface area contributed by atoms with Gasteiger partial charge in [-0.1, -0.05) is 19.9 Å². The lowest BCUT2D eigenvalue weighted by Crippen LogP contribution is -2.33. The summed E-state index contributed by atoms with van der Waals surface area (Å²) in [5, 5.41) is 11.9. The Hall–Kier alpha value is -2.63. The second-order valence-corrected chi connectivity index (χ2v) is 5.48. The van der Waals surface area contributed by atoms with Gasteiger partial charge in [0.1, 0.15) is 5.82 Å². The molecule has 6 nitrogen and oxygen atoms in total. The molecule has 0 bridgehead atoms. The Balaban J connectivity index is 2.24. The van der Waals surface area contributed by atoms with E-state index in [0.717, 1.165) is 5.82 Å². The van der Waals surface area contributed by atoms with Crippen LogP contribution in [0.1, 0.15) is 46.4 Å². The van der Waals surface area contributed by atoms with Gasteiger partial charge >= 0.3 is 5.97 Å². The van der Waals surface area contributed by atoms with E-state index in [4.69, 9.17) is 5.11 Å². The number of hydrogen-bond donors (Lipinski definition) is 2. The van der Waals surface area contributed by atoms with Gasteiger partial charge in [-0.05, 0) is 24.1 Å². The van der Waals surface area contributed by atoms with Crippen molar-refractivity contribution in [2.75, 3.05) is 0 Å². The van der Waals surface area contributed by atoms with Crippen LogP contribution in [-0.2, 0) is 7.05 Å². The standard InChI is InChI=1S/C16H19N3O3/c1-10(2)13(14-17-7-8-19(14)3)18-15(20)11-5-4-6-12(9-11)16(21)22/h4-10,13H,1-3H3,(H,18,20)(H,21,22). The van der Waals surface area contributed by atoms with E-state index in [2.05, 4.69) is 10.3 Å². The van der Waals surface area contributed by atoms with E-state index < -0.39 is 5.97 Å². The number of carboxylic acid groups (broad SMARTS) is 1. The van der Waals surface area contributed by atoms with Gasteiger partial charge in [0, 0.05) is 25.0 Å². The van der Waals surface area contributed by atoms with Crippen LogP contribution < -0.4 is 5.32 Å². The van der Waals surface area contributed by atoms with E-state index in [1.54, 1.807) is 18.3 Å². The second-order valence-electron chi connectivity index (χ2n) is 5.48. The number of carbonyl (C=O) groups excluding carboxylic acids is 1. The molecule has 1 aromatic carbocycles. The fraction of sp³-hybridized carbons (Fsp3) is 0.312. The first-order valence-corrected chi connectivity index (χ1v) is 7.01. The highest BCUT2D eigenvalue weighted by atomic mass is 16.4. The van der Waals surface area contributed by atoms with Gasteiger partial charge in [0.15, 0.2) is 0 Å². The molecule has 0 spiro atoms. The Morgan fingerprint density at radius 1 is 1.27 bits per heavy atom. The molecule has 2 N–H and O–H groups in total. The van der Waals surface area contributed by atoms with Crippen molar-refractivity contribution >= 4 is 11.9 Å². The normalized spacial score (nSPS) is 12.2. The molecule has 0 aliphatic heterocycles. The summed E-state index contributed by atoms with van der Waals surface area (Å²) in [6.07, 6.45) is 3.50. The third kappa shape index (κ3) is 3.33. The molecule has 1 heterocycles. The van der Waals surface area contributed by atoms with Gasteiger partial charge in [0.25, 0.3) is 5.91 Å². The Kier molecular flexibility index (Phi) is 4.60. The summed E-state index contributed by atoms with van der Waals surface area (Å²) < 4.78 is 1.86. The number of hydrogen-bond acceptors (Lipinski definition) is 3. The van der Waals surface area contributed by atoms with E-state index in [-0.39, 0.29) is 23.4 Å². The molecule has 0 saturated carbocycles. The fourth-order valence-electron chi connectivity index (χ4n) is 2.22. The molecule has 0 aliphatic rings. The van der Waals surface area contributed by atoms with E-state index in [9.17, 15) is 9.59 Å². The zero-order chi connectivity index (χ0) is 16.3. The summed E-state index contributed by atoms with van der Waals surface area (Å²) >= 11 is 0. The Morgan fingerprint density at radius 2 is 1.95 bits per heavy atom. The molecule has 1 atom stereocenters. The van der Waals surface area contributed by atoms with Gasteiger partial charge in [-0.3, -0.25) is 4.79 Å². The smallest absolute Gasteiger partial charge is 0.335 e. The highest BCUT2D eigenvalue weighted by molar-refractivity contribution is 5.97. The number of carboxylic acids is 1. The summed E-state index contributed by atoms with van der Waals surface area (Å²) in [5.41, 5.74) is 0.408. The molecule has 0 aliphatic carbocycles. The number of aryl methyl sites for hydroxylation is 1. The number of benzene rings is 1. The first kappa shape index (κ1) is 15.8. The number of nitrogens with zero attached hydrogens (tertiary/aromatic N) is 2. The highest BCUT2D eigenvalue weighted by Crippen LogP contribution is 2.20. The van der Waals surface area contributed by atoms with E-state index in [1.807, 2.05) is 31.7 Å². The number of imidazole rings is 1. The van der Waals surface area contributed by atoms with Crippen LogP contribution in [0, 0.1) is 5.92 Å². The summed E-state index contributed by atoms with van der Waals surface area (Å²) in [7, 11) is 1.87. The zero-order valence-electron chi connectivity index (χ0n) is 12.8. The SMILES string of the molecule is CC(C)C(NC(=O)c1cccc(C(=O)O)c1)c1nccn1C. The average Bonchev–Trinajstić information content (AvgIpc) is 2.90. The van der Waals surface area contributed by atoms with Crippen molar-refractivity contribution in [1.82, 2.24) is 14.9 Å². The monoisotopic (exact) mass is 301 g/mol. The Morgan fingerprint density at radius 3 is 2.50 bits per heavy atom. The molecule has 0 saturated heterocycles. The van der Waals surface area contributed by atoms with Gasteiger partial charge in [0.05, 0.1) is 11.6 Å². The summed E-state index contributed by atoms with van der Waals surface area (Å²) in [6, 6.07) is 5.73. The van der Waals surface area contributed by atoms with Crippen LogP contribution in [-0.4, -0.2) is 26.5 Å². The highest BCUT2D eigenvalue weighted by Gasteiger charge is 2.22. The molecule has 116 valence electrons. The van der Waals surface area contributed by atoms with Crippen molar-refractivity contribution in [2.45, 2.75) is 19.9 Å². The van der Waals surface area contributed by atoms with Crippen LogP contribution in [0.25, 0.3) is 0 Å². The number of aromatic nitrogens is 2. The maximum absolute atomic E-state index is 12.4. The van der Waals surface area contributed by atoms with Gasteiger partial charge in [-0.25, -0.2) is 9.78 Å². The lowest BCUT2D eigenvalue weighted by molar-refractivity contribution is 0.0697. The number of nitrogens with one attached hydrogen (secondary N) is 1. The first-order chi connectivity index (χ1) is 10.4. The molecule has 2 rings (SSSR count). The predicted molar refractivity (Wildman–Crippen MR) is 81.7 cm³/mol. The van der Waals surface area contributed by atoms with Crippen LogP contribution >= 0.6 is 0 Å². The van der Waals surface area contributed by atoms with Crippen LogP contribution in [0.15, 0.2) is 36.7 Å². The zero-order valence-corrected chi connectivity index (χ0v) is 12.8. The van der Waals surface area contributed by atoms with Crippen molar-refractivity contribution in [2.24, 2.45) is 13.0 Å². The lowest BCUT2D eigenvalue weighted by atomic mass is 10.0. The van der Waals surface area contributed by atoms with Crippen LogP contribution in [0.4, 0.5) is 0 Å². The molecule has 2 aromatic rings. The van der Waals surface area contributed by atoms with E-state index >= 15 is 0 Å². The van der Waals surface area contributed by atoms with E-state index in [0.29, 0.717) is 5.56 Å². The third-order valence-electron chi connectivity index (χ3n) is 3.46. The van der Waals surface area contributed by atoms with Gasteiger partial charge in [-0.2, -0.15) is 0 Å². The number of rotatable bonds is 5.